The lowest BCUT2D eigenvalue weighted by Crippen LogP contribution is -2.09. The van der Waals surface area contributed by atoms with Gasteiger partial charge in [0.15, 0.2) is 0 Å². The Morgan fingerprint density at radius 3 is 2.68 bits per heavy atom. The fourth-order valence-electron chi connectivity index (χ4n) is 2.68. The molecule has 4 rings (SSSR count). The molecule has 1 N–H and O–H groups in total. The van der Waals surface area contributed by atoms with Gasteiger partial charge in [0.1, 0.15) is 0 Å². The quantitative estimate of drug-likeness (QED) is 0.492. The average molecular weight is 416 g/mol. The van der Waals surface area contributed by atoms with Crippen LogP contribution in [-0.4, -0.2) is 30.2 Å². The number of pyridine rings is 2. The number of tetrazole rings is 1. The smallest absolute Gasteiger partial charge is 0.248 e. The predicted octanol–water partition coefficient (Wildman–Crippen LogP) is 4.18. The molecule has 0 atom stereocenters. The van der Waals surface area contributed by atoms with E-state index < -0.39 is 5.95 Å². The molecule has 7 nitrogen and oxygen atoms in total. The van der Waals surface area contributed by atoms with Crippen LogP contribution in [0.4, 0.5) is 10.3 Å². The zero-order valence-corrected chi connectivity index (χ0v) is 15.7. The Balaban J connectivity index is 1.64. The number of anilines is 1. The van der Waals surface area contributed by atoms with Crippen molar-refractivity contribution < 1.29 is 4.39 Å². The first-order chi connectivity index (χ1) is 13.6. The lowest BCUT2D eigenvalue weighted by atomic mass is 10.1. The summed E-state index contributed by atoms with van der Waals surface area (Å²) < 4.78 is 15.5. The van der Waals surface area contributed by atoms with Gasteiger partial charge in [-0.1, -0.05) is 40.4 Å². The highest BCUT2D eigenvalue weighted by atomic mass is 35.5. The summed E-state index contributed by atoms with van der Waals surface area (Å²) in [5, 5.41) is 15.5. The molecule has 1 aromatic carbocycles. The standard InChI is InChI=1S/C18H12Cl2FN7/c19-13-6-1-7-14(15(13)20)28-18(25-26-27-28)24-10-11-4-2-8-22-16(11)12-5-3-9-23-17(12)21/h1-9H,10H2,(H,24,25,27). The van der Waals surface area contributed by atoms with Crippen LogP contribution in [0, 0.1) is 5.95 Å². The van der Waals surface area contributed by atoms with E-state index in [1.807, 2.05) is 6.07 Å². The average Bonchev–Trinajstić information content (AvgIpc) is 3.17. The SMILES string of the molecule is Fc1ncccc1-c1ncccc1CNc1nnnn1-c1cccc(Cl)c1Cl. The van der Waals surface area contributed by atoms with Crippen molar-refractivity contribution in [3.63, 3.8) is 0 Å². The molecular formula is C18H12Cl2FN7. The van der Waals surface area contributed by atoms with E-state index in [2.05, 4.69) is 30.8 Å². The van der Waals surface area contributed by atoms with Crippen LogP contribution < -0.4 is 5.32 Å². The van der Waals surface area contributed by atoms with E-state index in [4.69, 9.17) is 23.2 Å². The molecule has 0 aliphatic carbocycles. The first kappa shape index (κ1) is 18.3. The van der Waals surface area contributed by atoms with Crippen molar-refractivity contribution >= 4 is 29.2 Å². The summed E-state index contributed by atoms with van der Waals surface area (Å²) >= 11 is 12.3. The molecule has 4 aromatic rings. The summed E-state index contributed by atoms with van der Waals surface area (Å²) in [6.45, 7) is 0.302. The van der Waals surface area contributed by atoms with Crippen LogP contribution in [0.3, 0.4) is 0 Å². The van der Waals surface area contributed by atoms with Crippen LogP contribution in [-0.2, 0) is 6.54 Å². The minimum absolute atomic E-state index is 0.302. The number of nitrogens with one attached hydrogen (secondary N) is 1. The molecule has 0 bridgehead atoms. The topological polar surface area (TPSA) is 81.4 Å². The molecule has 3 aromatic heterocycles. The lowest BCUT2D eigenvalue weighted by molar-refractivity contribution is 0.587. The highest BCUT2D eigenvalue weighted by Gasteiger charge is 2.15. The predicted molar refractivity (Wildman–Crippen MR) is 104 cm³/mol. The number of hydrogen-bond donors (Lipinski definition) is 1. The Morgan fingerprint density at radius 2 is 1.82 bits per heavy atom. The molecule has 0 unspecified atom stereocenters. The van der Waals surface area contributed by atoms with E-state index in [9.17, 15) is 4.39 Å². The number of hydrogen-bond acceptors (Lipinski definition) is 6. The van der Waals surface area contributed by atoms with Crippen LogP contribution in [0.15, 0.2) is 54.9 Å². The number of halogens is 3. The molecule has 0 saturated heterocycles. The molecule has 0 aliphatic heterocycles. The molecule has 0 spiro atoms. The Labute approximate surface area is 169 Å². The largest absolute Gasteiger partial charge is 0.349 e. The highest BCUT2D eigenvalue weighted by Crippen LogP contribution is 2.29. The summed E-state index contributed by atoms with van der Waals surface area (Å²) in [6, 6.07) is 12.1. The number of aromatic nitrogens is 6. The Kier molecular flexibility index (Phi) is 5.14. The van der Waals surface area contributed by atoms with Crippen molar-refractivity contribution in [3.05, 3.63) is 76.4 Å². The minimum Gasteiger partial charge on any atom is -0.349 e. The Hall–Kier alpha value is -3.10. The monoisotopic (exact) mass is 415 g/mol. The fraction of sp³-hybridized carbons (Fsp3) is 0.0556. The number of rotatable bonds is 5. The number of benzene rings is 1. The molecule has 0 saturated carbocycles. The van der Waals surface area contributed by atoms with Gasteiger partial charge in [0.25, 0.3) is 0 Å². The zero-order chi connectivity index (χ0) is 19.5. The van der Waals surface area contributed by atoms with Crippen molar-refractivity contribution in [2.45, 2.75) is 6.54 Å². The van der Waals surface area contributed by atoms with Crippen LogP contribution in [0.2, 0.25) is 10.0 Å². The second kappa shape index (κ2) is 7.87. The summed E-state index contributed by atoms with van der Waals surface area (Å²) in [5.41, 5.74) is 2.09. The molecule has 28 heavy (non-hydrogen) atoms. The van der Waals surface area contributed by atoms with E-state index in [0.29, 0.717) is 39.5 Å². The van der Waals surface area contributed by atoms with Gasteiger partial charge in [-0.15, -0.1) is 0 Å². The normalized spacial score (nSPS) is 10.8. The molecule has 0 amide bonds. The lowest BCUT2D eigenvalue weighted by Gasteiger charge is -2.11. The Morgan fingerprint density at radius 1 is 1.00 bits per heavy atom. The Bertz CT molecular complexity index is 1130. The molecule has 10 heteroatoms. The number of nitrogens with zero attached hydrogens (tertiary/aromatic N) is 6. The molecule has 3 heterocycles. The third-order valence-corrected chi connectivity index (χ3v) is 4.78. The summed E-state index contributed by atoms with van der Waals surface area (Å²) in [7, 11) is 0. The summed E-state index contributed by atoms with van der Waals surface area (Å²) in [6.07, 6.45) is 2.99. The van der Waals surface area contributed by atoms with Gasteiger partial charge >= 0.3 is 0 Å². The molecule has 0 fully saturated rings. The first-order valence-electron chi connectivity index (χ1n) is 8.16. The van der Waals surface area contributed by atoms with E-state index in [0.717, 1.165) is 5.56 Å². The second-order valence-corrected chi connectivity index (χ2v) is 6.48. The second-order valence-electron chi connectivity index (χ2n) is 5.69. The molecule has 140 valence electrons. The van der Waals surface area contributed by atoms with E-state index in [1.54, 1.807) is 42.6 Å². The van der Waals surface area contributed by atoms with Crippen molar-refractivity contribution in [2.24, 2.45) is 0 Å². The van der Waals surface area contributed by atoms with Gasteiger partial charge in [-0.25, -0.2) is 4.98 Å². The maximum atomic E-state index is 14.1. The molecular weight excluding hydrogens is 404 g/mol. The molecule has 0 radical (unpaired) electrons. The van der Waals surface area contributed by atoms with Gasteiger partial charge in [-0.3, -0.25) is 4.98 Å². The van der Waals surface area contributed by atoms with Crippen molar-refractivity contribution in [1.82, 2.24) is 30.2 Å². The van der Waals surface area contributed by atoms with Crippen LogP contribution in [0.5, 0.6) is 0 Å². The van der Waals surface area contributed by atoms with Gasteiger partial charge in [-0.05, 0) is 46.3 Å². The van der Waals surface area contributed by atoms with Gasteiger partial charge in [0, 0.05) is 18.9 Å². The summed E-state index contributed by atoms with van der Waals surface area (Å²) in [5.74, 6) is -0.233. The van der Waals surface area contributed by atoms with Crippen molar-refractivity contribution in [1.29, 1.82) is 0 Å². The van der Waals surface area contributed by atoms with Gasteiger partial charge in [0.2, 0.25) is 11.9 Å². The zero-order valence-electron chi connectivity index (χ0n) is 14.2. The molecule has 0 aliphatic rings. The van der Waals surface area contributed by atoms with Crippen LogP contribution in [0.25, 0.3) is 16.9 Å². The van der Waals surface area contributed by atoms with E-state index >= 15 is 0 Å². The van der Waals surface area contributed by atoms with E-state index in [1.165, 1.54) is 10.9 Å². The van der Waals surface area contributed by atoms with Gasteiger partial charge < -0.3 is 5.32 Å². The first-order valence-corrected chi connectivity index (χ1v) is 8.92. The van der Waals surface area contributed by atoms with Gasteiger partial charge in [-0.2, -0.15) is 9.07 Å². The van der Waals surface area contributed by atoms with E-state index in [-0.39, 0.29) is 0 Å². The third-order valence-electron chi connectivity index (χ3n) is 3.97. The maximum absolute atomic E-state index is 14.1. The highest BCUT2D eigenvalue weighted by molar-refractivity contribution is 6.43. The maximum Gasteiger partial charge on any atom is 0.248 e. The fourth-order valence-corrected chi connectivity index (χ4v) is 3.05. The summed E-state index contributed by atoms with van der Waals surface area (Å²) in [4.78, 5) is 7.99. The third kappa shape index (κ3) is 3.51. The van der Waals surface area contributed by atoms with Crippen molar-refractivity contribution in [3.8, 4) is 16.9 Å². The minimum atomic E-state index is -0.585. The van der Waals surface area contributed by atoms with Crippen LogP contribution in [0.1, 0.15) is 5.56 Å². The van der Waals surface area contributed by atoms with Gasteiger partial charge in [0.05, 0.1) is 27.0 Å². The van der Waals surface area contributed by atoms with Crippen molar-refractivity contribution in [2.75, 3.05) is 5.32 Å². The van der Waals surface area contributed by atoms with Crippen LogP contribution >= 0.6 is 23.2 Å².